The molecule has 1 aliphatic heterocycles. The van der Waals surface area contributed by atoms with Crippen molar-refractivity contribution in [1.29, 1.82) is 0 Å². The SMILES string of the molecule is CN1CCN(c2ccc(CNC(=O)OC(C)(C)C)cc2C(F)(F)F)CC1. The van der Waals surface area contributed by atoms with Crippen LogP contribution in [-0.4, -0.2) is 49.8 Å². The van der Waals surface area contributed by atoms with Crippen LogP contribution in [0.3, 0.4) is 0 Å². The van der Waals surface area contributed by atoms with Crippen molar-refractivity contribution < 1.29 is 22.7 Å². The van der Waals surface area contributed by atoms with E-state index < -0.39 is 23.4 Å². The van der Waals surface area contributed by atoms with Crippen LogP contribution in [0.5, 0.6) is 0 Å². The number of alkyl carbamates (subject to hydrolysis) is 1. The number of benzene rings is 1. The molecule has 1 heterocycles. The minimum Gasteiger partial charge on any atom is -0.444 e. The van der Waals surface area contributed by atoms with Gasteiger partial charge in [0.2, 0.25) is 0 Å². The molecular weight excluding hydrogens is 347 g/mol. The van der Waals surface area contributed by atoms with Crippen LogP contribution < -0.4 is 10.2 Å². The summed E-state index contributed by atoms with van der Waals surface area (Å²) in [4.78, 5) is 15.5. The predicted molar refractivity (Wildman–Crippen MR) is 94.2 cm³/mol. The minimum absolute atomic E-state index is 0.0268. The molecule has 1 aromatic rings. The van der Waals surface area contributed by atoms with E-state index in [0.717, 1.165) is 19.2 Å². The zero-order valence-corrected chi connectivity index (χ0v) is 15.6. The zero-order chi connectivity index (χ0) is 19.5. The van der Waals surface area contributed by atoms with Gasteiger partial charge >= 0.3 is 12.3 Å². The van der Waals surface area contributed by atoms with Crippen molar-refractivity contribution in [2.45, 2.75) is 39.1 Å². The van der Waals surface area contributed by atoms with E-state index in [1.165, 1.54) is 6.07 Å². The molecule has 1 saturated heterocycles. The van der Waals surface area contributed by atoms with E-state index in [-0.39, 0.29) is 12.2 Å². The number of hydrogen-bond donors (Lipinski definition) is 1. The van der Waals surface area contributed by atoms with Gasteiger partial charge in [-0.1, -0.05) is 6.07 Å². The fourth-order valence-electron chi connectivity index (χ4n) is 2.73. The molecule has 8 heteroatoms. The van der Waals surface area contributed by atoms with Crippen molar-refractivity contribution in [1.82, 2.24) is 10.2 Å². The van der Waals surface area contributed by atoms with Crippen LogP contribution >= 0.6 is 0 Å². The predicted octanol–water partition coefficient (Wildman–Crippen LogP) is 3.48. The molecule has 5 nitrogen and oxygen atoms in total. The van der Waals surface area contributed by atoms with E-state index in [4.69, 9.17) is 4.74 Å². The van der Waals surface area contributed by atoms with Gasteiger partial charge in [0, 0.05) is 38.4 Å². The topological polar surface area (TPSA) is 44.8 Å². The van der Waals surface area contributed by atoms with E-state index in [1.54, 1.807) is 31.7 Å². The van der Waals surface area contributed by atoms with Gasteiger partial charge in [-0.25, -0.2) is 4.79 Å². The first-order valence-electron chi connectivity index (χ1n) is 8.56. The summed E-state index contributed by atoms with van der Waals surface area (Å²) in [6.07, 6.45) is -5.12. The molecule has 2 rings (SSSR count). The lowest BCUT2D eigenvalue weighted by Crippen LogP contribution is -2.45. The fraction of sp³-hybridized carbons (Fsp3) is 0.611. The van der Waals surface area contributed by atoms with Crippen LogP contribution in [0, 0.1) is 0 Å². The van der Waals surface area contributed by atoms with E-state index in [1.807, 2.05) is 7.05 Å². The number of halogens is 3. The third kappa shape index (κ3) is 5.79. The lowest BCUT2D eigenvalue weighted by atomic mass is 10.1. The highest BCUT2D eigenvalue weighted by Gasteiger charge is 2.35. The molecule has 1 aliphatic rings. The summed E-state index contributed by atoms with van der Waals surface area (Å²) in [5.74, 6) is 0. The minimum atomic E-state index is -4.46. The number of amides is 1. The summed E-state index contributed by atoms with van der Waals surface area (Å²) >= 11 is 0. The van der Waals surface area contributed by atoms with Crippen LogP contribution in [0.2, 0.25) is 0 Å². The van der Waals surface area contributed by atoms with Crippen molar-refractivity contribution in [2.24, 2.45) is 0 Å². The number of likely N-dealkylation sites (N-methyl/N-ethyl adjacent to an activating group) is 1. The number of rotatable bonds is 3. The summed E-state index contributed by atoms with van der Waals surface area (Å²) in [6.45, 7) is 7.68. The summed E-state index contributed by atoms with van der Waals surface area (Å²) in [5, 5.41) is 2.49. The summed E-state index contributed by atoms with van der Waals surface area (Å²) in [5.41, 5.74) is -0.773. The first kappa shape index (κ1) is 20.4. The summed E-state index contributed by atoms with van der Waals surface area (Å²) in [7, 11) is 1.95. The van der Waals surface area contributed by atoms with E-state index in [0.29, 0.717) is 18.7 Å². The molecule has 0 spiro atoms. The maximum absolute atomic E-state index is 13.5. The normalized spacial score (nSPS) is 16.5. The second kappa shape index (κ2) is 7.73. The van der Waals surface area contributed by atoms with Crippen LogP contribution in [-0.2, 0) is 17.5 Å². The van der Waals surface area contributed by atoms with Crippen molar-refractivity contribution in [3.63, 3.8) is 0 Å². The van der Waals surface area contributed by atoms with Gasteiger partial charge < -0.3 is 19.9 Å². The molecule has 0 bridgehead atoms. The average Bonchev–Trinajstić information content (AvgIpc) is 2.51. The summed E-state index contributed by atoms with van der Waals surface area (Å²) < 4.78 is 45.7. The Morgan fingerprint density at radius 3 is 2.31 bits per heavy atom. The second-order valence-electron chi connectivity index (χ2n) is 7.50. The Morgan fingerprint density at radius 2 is 1.77 bits per heavy atom. The molecule has 26 heavy (non-hydrogen) atoms. The van der Waals surface area contributed by atoms with Gasteiger partial charge in [-0.05, 0) is 45.5 Å². The molecule has 0 aromatic heterocycles. The van der Waals surface area contributed by atoms with Crippen molar-refractivity contribution in [3.8, 4) is 0 Å². The first-order valence-corrected chi connectivity index (χ1v) is 8.56. The van der Waals surface area contributed by atoms with Gasteiger partial charge in [-0.15, -0.1) is 0 Å². The Morgan fingerprint density at radius 1 is 1.15 bits per heavy atom. The zero-order valence-electron chi connectivity index (χ0n) is 15.6. The largest absolute Gasteiger partial charge is 0.444 e. The lowest BCUT2D eigenvalue weighted by Gasteiger charge is -2.35. The highest BCUT2D eigenvalue weighted by Crippen LogP contribution is 2.37. The highest BCUT2D eigenvalue weighted by molar-refractivity contribution is 5.67. The Hall–Kier alpha value is -1.96. The number of carbonyl (C=O) groups is 1. The van der Waals surface area contributed by atoms with Crippen LogP contribution in [0.1, 0.15) is 31.9 Å². The number of hydrogen-bond acceptors (Lipinski definition) is 4. The molecule has 1 aromatic carbocycles. The maximum Gasteiger partial charge on any atom is 0.418 e. The standard InChI is InChI=1S/C18H26F3N3O2/c1-17(2,3)26-16(25)22-12-13-5-6-15(14(11-13)18(19,20)21)24-9-7-23(4)8-10-24/h5-6,11H,7-10,12H2,1-4H3,(H,22,25). The van der Waals surface area contributed by atoms with Crippen LogP contribution in [0.4, 0.5) is 23.7 Å². The summed E-state index contributed by atoms with van der Waals surface area (Å²) in [6, 6.07) is 4.20. The van der Waals surface area contributed by atoms with Crippen LogP contribution in [0.15, 0.2) is 18.2 Å². The van der Waals surface area contributed by atoms with E-state index in [9.17, 15) is 18.0 Å². The van der Waals surface area contributed by atoms with Gasteiger partial charge in [-0.2, -0.15) is 13.2 Å². The molecule has 0 saturated carbocycles. The molecular formula is C18H26F3N3O2. The molecule has 1 fully saturated rings. The number of nitrogens with one attached hydrogen (secondary N) is 1. The molecule has 0 radical (unpaired) electrons. The molecule has 0 aliphatic carbocycles. The average molecular weight is 373 g/mol. The number of carbonyl (C=O) groups excluding carboxylic acids is 1. The van der Waals surface area contributed by atoms with E-state index in [2.05, 4.69) is 10.2 Å². The van der Waals surface area contributed by atoms with Gasteiger partial charge in [0.15, 0.2) is 0 Å². The number of nitrogens with zero attached hydrogens (tertiary/aromatic N) is 2. The number of ether oxygens (including phenoxy) is 1. The van der Waals surface area contributed by atoms with Gasteiger partial charge in [0.1, 0.15) is 5.60 Å². The Kier molecular flexibility index (Phi) is 6.05. The Labute approximate surface area is 152 Å². The van der Waals surface area contributed by atoms with Crippen molar-refractivity contribution in [3.05, 3.63) is 29.3 Å². The lowest BCUT2D eigenvalue weighted by molar-refractivity contribution is -0.137. The number of anilines is 1. The Bertz CT molecular complexity index is 634. The third-order valence-electron chi connectivity index (χ3n) is 4.05. The first-order chi connectivity index (χ1) is 12.0. The highest BCUT2D eigenvalue weighted by atomic mass is 19.4. The fourth-order valence-corrected chi connectivity index (χ4v) is 2.73. The van der Waals surface area contributed by atoms with Crippen molar-refractivity contribution in [2.75, 3.05) is 38.1 Å². The molecule has 0 atom stereocenters. The maximum atomic E-state index is 13.5. The smallest absolute Gasteiger partial charge is 0.418 e. The van der Waals surface area contributed by atoms with Crippen molar-refractivity contribution >= 4 is 11.8 Å². The van der Waals surface area contributed by atoms with Gasteiger partial charge in [-0.3, -0.25) is 0 Å². The molecule has 146 valence electrons. The quantitative estimate of drug-likeness (QED) is 0.881. The second-order valence-corrected chi connectivity index (χ2v) is 7.50. The van der Waals surface area contributed by atoms with Crippen LogP contribution in [0.25, 0.3) is 0 Å². The van der Waals surface area contributed by atoms with Gasteiger partial charge in [0.25, 0.3) is 0 Å². The van der Waals surface area contributed by atoms with E-state index >= 15 is 0 Å². The molecule has 1 N–H and O–H groups in total. The third-order valence-corrected chi connectivity index (χ3v) is 4.05. The Balaban J connectivity index is 2.14. The molecule has 1 amide bonds. The number of alkyl halides is 3. The monoisotopic (exact) mass is 373 g/mol. The molecule has 0 unspecified atom stereocenters. The number of piperazine rings is 1. The van der Waals surface area contributed by atoms with Gasteiger partial charge in [0.05, 0.1) is 5.56 Å².